The summed E-state index contributed by atoms with van der Waals surface area (Å²) in [5, 5.41) is 0.271. The zero-order valence-corrected chi connectivity index (χ0v) is 12.5. The summed E-state index contributed by atoms with van der Waals surface area (Å²) in [6, 6.07) is 9.85. The Hall–Kier alpha value is -2.07. The van der Waals surface area contributed by atoms with E-state index in [1.54, 1.807) is 4.90 Å². The number of anilines is 1. The van der Waals surface area contributed by atoms with Gasteiger partial charge in [0.15, 0.2) is 0 Å². The molecule has 1 unspecified atom stereocenters. The average Bonchev–Trinajstić information content (AvgIpc) is 2.92. The van der Waals surface area contributed by atoms with E-state index < -0.39 is 0 Å². The van der Waals surface area contributed by atoms with Crippen molar-refractivity contribution in [2.75, 3.05) is 12.8 Å². The maximum Gasteiger partial charge on any atom is 0.256 e. The van der Waals surface area contributed by atoms with Crippen LogP contribution in [0, 0.1) is 0 Å². The molecule has 108 valence electrons. The molecule has 0 aliphatic heterocycles. The number of halogens is 1. The van der Waals surface area contributed by atoms with Crippen LogP contribution in [-0.2, 0) is 6.42 Å². The molecule has 1 heterocycles. The normalized spacial score (nSPS) is 16.6. The minimum atomic E-state index is -0.126. The van der Waals surface area contributed by atoms with Crippen LogP contribution in [0.2, 0.25) is 5.15 Å². The third kappa shape index (κ3) is 2.47. The highest BCUT2D eigenvalue weighted by Gasteiger charge is 2.29. The van der Waals surface area contributed by atoms with E-state index in [9.17, 15) is 4.79 Å². The standard InChI is InChI=1S/C16H16ClN3O/c1-20(14-7-6-10-4-2-3-5-11(10)14)16(21)12-8-15(17)19-9-13(12)18/h2-5,8-9,14H,6-7,18H2,1H3. The summed E-state index contributed by atoms with van der Waals surface area (Å²) in [4.78, 5) is 18.3. The van der Waals surface area contributed by atoms with Gasteiger partial charge in [-0.15, -0.1) is 0 Å². The molecule has 0 fully saturated rings. The molecule has 0 saturated heterocycles. The number of nitrogen functional groups attached to an aromatic ring is 1. The van der Waals surface area contributed by atoms with Gasteiger partial charge in [0.1, 0.15) is 5.15 Å². The van der Waals surface area contributed by atoms with Crippen molar-refractivity contribution in [1.82, 2.24) is 9.88 Å². The first kappa shape index (κ1) is 13.9. The first-order chi connectivity index (χ1) is 10.1. The maximum atomic E-state index is 12.7. The number of carbonyl (C=O) groups excluding carboxylic acids is 1. The number of hydrogen-bond donors (Lipinski definition) is 1. The topological polar surface area (TPSA) is 59.2 Å². The van der Waals surface area contributed by atoms with Crippen LogP contribution >= 0.6 is 11.6 Å². The molecule has 1 aromatic heterocycles. The zero-order chi connectivity index (χ0) is 15.0. The Labute approximate surface area is 128 Å². The molecule has 0 spiro atoms. The summed E-state index contributed by atoms with van der Waals surface area (Å²) in [5.74, 6) is -0.126. The van der Waals surface area contributed by atoms with E-state index in [2.05, 4.69) is 17.1 Å². The molecule has 1 aliphatic carbocycles. The summed E-state index contributed by atoms with van der Waals surface area (Å²) in [5.41, 5.74) is 9.13. The average molecular weight is 302 g/mol. The fourth-order valence-electron chi connectivity index (χ4n) is 2.89. The third-order valence-corrected chi connectivity index (χ3v) is 4.23. The van der Waals surface area contributed by atoms with E-state index in [1.165, 1.54) is 23.4 Å². The number of hydrogen-bond acceptors (Lipinski definition) is 3. The van der Waals surface area contributed by atoms with E-state index in [4.69, 9.17) is 17.3 Å². The van der Waals surface area contributed by atoms with Gasteiger partial charge in [-0.3, -0.25) is 4.79 Å². The van der Waals surface area contributed by atoms with Crippen LogP contribution in [0.25, 0.3) is 0 Å². The van der Waals surface area contributed by atoms with Crippen LogP contribution in [0.4, 0.5) is 5.69 Å². The summed E-state index contributed by atoms with van der Waals surface area (Å²) in [6.07, 6.45) is 3.34. The Morgan fingerprint density at radius 2 is 2.19 bits per heavy atom. The lowest BCUT2D eigenvalue weighted by atomic mass is 10.1. The van der Waals surface area contributed by atoms with E-state index in [1.807, 2.05) is 19.2 Å². The van der Waals surface area contributed by atoms with Crippen molar-refractivity contribution in [2.24, 2.45) is 0 Å². The van der Waals surface area contributed by atoms with Gasteiger partial charge < -0.3 is 10.6 Å². The minimum Gasteiger partial charge on any atom is -0.397 e. The van der Waals surface area contributed by atoms with Crippen LogP contribution in [0.1, 0.15) is 33.9 Å². The smallest absolute Gasteiger partial charge is 0.256 e. The molecule has 0 bridgehead atoms. The predicted octanol–water partition coefficient (Wildman–Crippen LogP) is 3.08. The number of rotatable bonds is 2. The first-order valence-electron chi connectivity index (χ1n) is 6.84. The van der Waals surface area contributed by atoms with Gasteiger partial charge in [0.2, 0.25) is 0 Å². The number of benzene rings is 1. The molecular formula is C16H16ClN3O. The highest BCUT2D eigenvalue weighted by Crippen LogP contribution is 2.35. The van der Waals surface area contributed by atoms with Crippen LogP contribution in [0.15, 0.2) is 36.5 Å². The molecule has 1 atom stereocenters. The van der Waals surface area contributed by atoms with Gasteiger partial charge in [-0.25, -0.2) is 4.98 Å². The van der Waals surface area contributed by atoms with Crippen molar-refractivity contribution < 1.29 is 4.79 Å². The molecule has 5 heteroatoms. The monoisotopic (exact) mass is 301 g/mol. The van der Waals surface area contributed by atoms with E-state index >= 15 is 0 Å². The van der Waals surface area contributed by atoms with Crippen LogP contribution in [0.5, 0.6) is 0 Å². The van der Waals surface area contributed by atoms with Crippen molar-refractivity contribution in [2.45, 2.75) is 18.9 Å². The van der Waals surface area contributed by atoms with Crippen molar-refractivity contribution in [3.63, 3.8) is 0 Å². The number of nitrogens with two attached hydrogens (primary N) is 1. The third-order valence-electron chi connectivity index (χ3n) is 4.02. The van der Waals surface area contributed by atoms with Crippen molar-refractivity contribution >= 4 is 23.2 Å². The second kappa shape index (κ2) is 5.37. The van der Waals surface area contributed by atoms with Gasteiger partial charge >= 0.3 is 0 Å². The molecule has 1 aliphatic rings. The number of fused-ring (bicyclic) bond motifs is 1. The fraction of sp³-hybridized carbons (Fsp3) is 0.250. The molecule has 1 aromatic carbocycles. The van der Waals surface area contributed by atoms with Gasteiger partial charge in [0.25, 0.3) is 5.91 Å². The van der Waals surface area contributed by atoms with Crippen LogP contribution in [-0.4, -0.2) is 22.8 Å². The summed E-state index contributed by atoms with van der Waals surface area (Å²) < 4.78 is 0. The van der Waals surface area contributed by atoms with Crippen LogP contribution < -0.4 is 5.73 Å². The summed E-state index contributed by atoms with van der Waals surface area (Å²) in [6.45, 7) is 0. The number of carbonyl (C=O) groups is 1. The molecule has 3 rings (SSSR count). The second-order valence-electron chi connectivity index (χ2n) is 5.26. The van der Waals surface area contributed by atoms with E-state index in [0.717, 1.165) is 12.8 Å². The SMILES string of the molecule is CN(C(=O)c1cc(Cl)ncc1N)C1CCc2ccccc21. The predicted molar refractivity (Wildman–Crippen MR) is 83.3 cm³/mol. The van der Waals surface area contributed by atoms with Gasteiger partial charge in [-0.2, -0.15) is 0 Å². The molecule has 2 aromatic rings. The van der Waals surface area contributed by atoms with Gasteiger partial charge in [0, 0.05) is 7.05 Å². The molecule has 1 amide bonds. The Bertz CT molecular complexity index is 702. The number of aryl methyl sites for hydroxylation is 1. The van der Waals surface area contributed by atoms with Crippen molar-refractivity contribution in [3.8, 4) is 0 Å². The lowest BCUT2D eigenvalue weighted by Crippen LogP contribution is -2.30. The van der Waals surface area contributed by atoms with Gasteiger partial charge in [-0.05, 0) is 30.0 Å². The number of amides is 1. The Morgan fingerprint density at radius 3 is 3.00 bits per heavy atom. The molecule has 21 heavy (non-hydrogen) atoms. The quantitative estimate of drug-likeness (QED) is 0.867. The van der Waals surface area contributed by atoms with E-state index in [0.29, 0.717) is 11.3 Å². The second-order valence-corrected chi connectivity index (χ2v) is 5.65. The Kier molecular flexibility index (Phi) is 3.55. The molecule has 0 saturated carbocycles. The Balaban J connectivity index is 1.91. The molecule has 0 radical (unpaired) electrons. The highest BCUT2D eigenvalue weighted by atomic mass is 35.5. The lowest BCUT2D eigenvalue weighted by molar-refractivity contribution is 0.0731. The van der Waals surface area contributed by atoms with Gasteiger partial charge in [-0.1, -0.05) is 35.9 Å². The number of pyridine rings is 1. The fourth-order valence-corrected chi connectivity index (χ4v) is 3.05. The molecule has 4 nitrogen and oxygen atoms in total. The van der Waals surface area contributed by atoms with Crippen LogP contribution in [0.3, 0.4) is 0 Å². The molecular weight excluding hydrogens is 286 g/mol. The maximum absolute atomic E-state index is 12.7. The van der Waals surface area contributed by atoms with Crippen molar-refractivity contribution in [1.29, 1.82) is 0 Å². The summed E-state index contributed by atoms with van der Waals surface area (Å²) >= 11 is 5.87. The van der Waals surface area contributed by atoms with Crippen molar-refractivity contribution in [3.05, 3.63) is 58.4 Å². The highest BCUT2D eigenvalue weighted by molar-refractivity contribution is 6.29. The molecule has 2 N–H and O–H groups in total. The number of aromatic nitrogens is 1. The van der Waals surface area contributed by atoms with Gasteiger partial charge in [0.05, 0.1) is 23.5 Å². The number of nitrogens with zero attached hydrogens (tertiary/aromatic N) is 2. The lowest BCUT2D eigenvalue weighted by Gasteiger charge is -2.26. The first-order valence-corrected chi connectivity index (χ1v) is 7.21. The zero-order valence-electron chi connectivity index (χ0n) is 11.7. The van der Waals surface area contributed by atoms with E-state index in [-0.39, 0.29) is 17.1 Å². The largest absolute Gasteiger partial charge is 0.397 e. The Morgan fingerprint density at radius 1 is 1.43 bits per heavy atom. The summed E-state index contributed by atoms with van der Waals surface area (Å²) in [7, 11) is 1.81. The minimum absolute atomic E-state index is 0.0834.